The molecule has 6 heteroatoms. The van der Waals surface area contributed by atoms with Gasteiger partial charge < -0.3 is 14.6 Å². The van der Waals surface area contributed by atoms with Gasteiger partial charge in [0.15, 0.2) is 11.5 Å². The lowest BCUT2D eigenvalue weighted by atomic mass is 9.96. The van der Waals surface area contributed by atoms with Crippen LogP contribution in [0.1, 0.15) is 30.5 Å². The quantitative estimate of drug-likeness (QED) is 0.723. The Morgan fingerprint density at radius 1 is 1.07 bits per heavy atom. The van der Waals surface area contributed by atoms with E-state index >= 15 is 0 Å². The summed E-state index contributed by atoms with van der Waals surface area (Å²) in [5.74, 6) is 1.23. The molecule has 4 rings (SSSR count). The first kappa shape index (κ1) is 18.8. The molecule has 0 aliphatic carbocycles. The fraction of sp³-hybridized carbons (Fsp3) is 0.217. The number of nitrogens with zero attached hydrogens (tertiary/aromatic N) is 2. The van der Waals surface area contributed by atoms with Crippen LogP contribution >= 0.6 is 0 Å². The number of carbonyl (C=O) groups excluding carboxylic acids is 1. The molecule has 1 aliphatic heterocycles. The van der Waals surface area contributed by atoms with Crippen molar-refractivity contribution >= 4 is 22.4 Å². The first-order valence-corrected chi connectivity index (χ1v) is 9.33. The Morgan fingerprint density at radius 2 is 1.83 bits per heavy atom. The Bertz CT molecular complexity index is 1120. The molecule has 3 aromatic carbocycles. The summed E-state index contributed by atoms with van der Waals surface area (Å²) in [4.78, 5) is 12.3. The second kappa shape index (κ2) is 7.47. The number of benzene rings is 3. The molecule has 148 valence electrons. The Kier molecular flexibility index (Phi) is 4.84. The molecule has 1 heterocycles. The van der Waals surface area contributed by atoms with E-state index in [1.54, 1.807) is 14.2 Å². The van der Waals surface area contributed by atoms with Crippen molar-refractivity contribution < 1.29 is 19.4 Å². The van der Waals surface area contributed by atoms with Gasteiger partial charge >= 0.3 is 0 Å². The van der Waals surface area contributed by atoms with Crippen LogP contribution in [0.15, 0.2) is 59.7 Å². The molecule has 0 saturated carbocycles. The van der Waals surface area contributed by atoms with Gasteiger partial charge in [0.25, 0.3) is 0 Å². The van der Waals surface area contributed by atoms with Gasteiger partial charge in [-0.25, -0.2) is 5.01 Å². The number of carbonyl (C=O) groups is 1. The predicted molar refractivity (Wildman–Crippen MR) is 112 cm³/mol. The number of rotatable bonds is 4. The maximum atomic E-state index is 12.3. The number of fused-ring (bicyclic) bond motifs is 1. The molecule has 6 nitrogen and oxygen atoms in total. The maximum absolute atomic E-state index is 12.3. The van der Waals surface area contributed by atoms with E-state index in [4.69, 9.17) is 9.47 Å². The van der Waals surface area contributed by atoms with Crippen molar-refractivity contribution in [2.75, 3.05) is 14.2 Å². The van der Waals surface area contributed by atoms with Crippen molar-refractivity contribution in [3.05, 3.63) is 65.7 Å². The second-order valence-electron chi connectivity index (χ2n) is 6.93. The molecule has 0 bridgehead atoms. The molecule has 1 atom stereocenters. The molecule has 29 heavy (non-hydrogen) atoms. The van der Waals surface area contributed by atoms with Gasteiger partial charge in [0.2, 0.25) is 5.91 Å². The van der Waals surface area contributed by atoms with Crippen molar-refractivity contribution in [1.82, 2.24) is 5.01 Å². The van der Waals surface area contributed by atoms with Crippen molar-refractivity contribution in [3.8, 4) is 17.2 Å². The zero-order valence-corrected chi connectivity index (χ0v) is 16.5. The Balaban J connectivity index is 1.74. The Morgan fingerprint density at radius 3 is 2.55 bits per heavy atom. The molecule has 1 amide bonds. The number of amides is 1. The maximum Gasteiger partial charge on any atom is 0.240 e. The molecular weight excluding hydrogens is 368 g/mol. The van der Waals surface area contributed by atoms with Gasteiger partial charge in [-0.2, -0.15) is 5.10 Å². The number of aromatic hydroxyl groups is 1. The zero-order valence-electron chi connectivity index (χ0n) is 16.5. The van der Waals surface area contributed by atoms with Crippen molar-refractivity contribution in [3.63, 3.8) is 0 Å². The number of methoxy groups -OCH3 is 2. The fourth-order valence-corrected chi connectivity index (χ4v) is 3.77. The number of hydrazone groups is 1. The van der Waals surface area contributed by atoms with Gasteiger partial charge in [-0.05, 0) is 29.1 Å². The minimum Gasteiger partial charge on any atom is -0.507 e. The lowest BCUT2D eigenvalue weighted by Gasteiger charge is -2.21. The summed E-state index contributed by atoms with van der Waals surface area (Å²) < 4.78 is 10.7. The van der Waals surface area contributed by atoms with Crippen LogP contribution in [-0.2, 0) is 4.79 Å². The lowest BCUT2D eigenvalue weighted by Crippen LogP contribution is -2.24. The van der Waals surface area contributed by atoms with E-state index in [2.05, 4.69) is 5.10 Å². The summed E-state index contributed by atoms with van der Waals surface area (Å²) in [5.41, 5.74) is 2.19. The highest BCUT2D eigenvalue weighted by atomic mass is 16.5. The van der Waals surface area contributed by atoms with Crippen LogP contribution < -0.4 is 9.47 Å². The highest BCUT2D eigenvalue weighted by molar-refractivity contribution is 6.09. The molecule has 0 saturated heterocycles. The third-order valence-corrected chi connectivity index (χ3v) is 5.24. The Labute approximate surface area is 169 Å². The molecule has 0 aromatic heterocycles. The summed E-state index contributed by atoms with van der Waals surface area (Å²) in [7, 11) is 3.16. The van der Waals surface area contributed by atoms with E-state index in [0.717, 1.165) is 16.3 Å². The number of ether oxygens (including phenoxy) is 2. The highest BCUT2D eigenvalue weighted by Crippen LogP contribution is 2.39. The number of phenols is 1. The van der Waals surface area contributed by atoms with E-state index < -0.39 is 0 Å². The largest absolute Gasteiger partial charge is 0.507 e. The Hall–Kier alpha value is -3.54. The third-order valence-electron chi connectivity index (χ3n) is 5.24. The van der Waals surface area contributed by atoms with Crippen LogP contribution in [0, 0.1) is 0 Å². The van der Waals surface area contributed by atoms with E-state index in [-0.39, 0.29) is 17.7 Å². The number of phenolic OH excluding ortho intramolecular Hbond substituents is 1. The second-order valence-corrected chi connectivity index (χ2v) is 6.93. The van der Waals surface area contributed by atoms with E-state index in [9.17, 15) is 9.90 Å². The summed E-state index contributed by atoms with van der Waals surface area (Å²) in [6.07, 6.45) is 0.487. The van der Waals surface area contributed by atoms with Gasteiger partial charge in [-0.15, -0.1) is 0 Å². The van der Waals surface area contributed by atoms with E-state index in [1.807, 2.05) is 54.6 Å². The van der Waals surface area contributed by atoms with Crippen LogP contribution in [-0.4, -0.2) is 36.0 Å². The molecule has 0 fully saturated rings. The van der Waals surface area contributed by atoms with Crippen molar-refractivity contribution in [2.24, 2.45) is 5.10 Å². The molecule has 0 radical (unpaired) electrons. The zero-order chi connectivity index (χ0) is 20.5. The predicted octanol–water partition coefficient (Wildman–Crippen LogP) is 4.26. The smallest absolute Gasteiger partial charge is 0.240 e. The van der Waals surface area contributed by atoms with Gasteiger partial charge in [0.1, 0.15) is 5.75 Å². The lowest BCUT2D eigenvalue weighted by molar-refractivity contribution is -0.130. The van der Waals surface area contributed by atoms with E-state index in [0.29, 0.717) is 29.2 Å². The SMILES string of the molecule is COc1ccc([C@H]2CC(c3ccc4ccccc4c3O)=NN2C(C)=O)cc1OC. The van der Waals surface area contributed by atoms with Crippen LogP contribution in [0.5, 0.6) is 17.2 Å². The summed E-state index contributed by atoms with van der Waals surface area (Å²) in [6, 6.07) is 16.7. The topological polar surface area (TPSA) is 71.4 Å². The first-order chi connectivity index (χ1) is 14.0. The first-order valence-electron chi connectivity index (χ1n) is 9.33. The normalized spacial score (nSPS) is 16.0. The van der Waals surface area contributed by atoms with Crippen molar-refractivity contribution in [1.29, 1.82) is 0 Å². The van der Waals surface area contributed by atoms with Gasteiger partial charge in [0, 0.05) is 24.3 Å². The minimum atomic E-state index is -0.284. The average molecular weight is 390 g/mol. The standard InChI is InChI=1S/C23H22N2O4/c1-14(26)25-20(16-9-11-21(28-2)22(12-16)29-3)13-19(24-25)18-10-8-15-6-4-5-7-17(15)23(18)27/h4-12,20,27H,13H2,1-3H3/t20-/m1/s1. The summed E-state index contributed by atoms with van der Waals surface area (Å²) in [6.45, 7) is 1.49. The fourth-order valence-electron chi connectivity index (χ4n) is 3.77. The third kappa shape index (κ3) is 3.27. The van der Waals surface area contributed by atoms with Gasteiger partial charge in [0.05, 0.1) is 26.0 Å². The number of hydrogen-bond donors (Lipinski definition) is 1. The van der Waals surface area contributed by atoms with Crippen LogP contribution in [0.25, 0.3) is 10.8 Å². The van der Waals surface area contributed by atoms with Crippen LogP contribution in [0.4, 0.5) is 0 Å². The molecule has 0 unspecified atom stereocenters. The highest BCUT2D eigenvalue weighted by Gasteiger charge is 2.33. The average Bonchev–Trinajstić information content (AvgIpc) is 3.19. The monoisotopic (exact) mass is 390 g/mol. The minimum absolute atomic E-state index is 0.167. The van der Waals surface area contributed by atoms with Crippen molar-refractivity contribution in [2.45, 2.75) is 19.4 Å². The number of hydrogen-bond acceptors (Lipinski definition) is 5. The van der Waals surface area contributed by atoms with Gasteiger partial charge in [-0.1, -0.05) is 36.4 Å². The molecule has 3 aromatic rings. The summed E-state index contributed by atoms with van der Waals surface area (Å²) >= 11 is 0. The van der Waals surface area contributed by atoms with E-state index in [1.165, 1.54) is 11.9 Å². The summed E-state index contributed by atoms with van der Waals surface area (Å²) in [5, 5.41) is 18.5. The molecular formula is C23H22N2O4. The van der Waals surface area contributed by atoms with Crippen LogP contribution in [0.2, 0.25) is 0 Å². The van der Waals surface area contributed by atoms with Gasteiger partial charge in [-0.3, -0.25) is 4.79 Å². The molecule has 1 aliphatic rings. The van der Waals surface area contributed by atoms with Crippen LogP contribution in [0.3, 0.4) is 0 Å². The molecule has 0 spiro atoms. The molecule has 1 N–H and O–H groups in total.